The number of benzene rings is 2. The number of aromatic nitrogens is 1. The van der Waals surface area contributed by atoms with Gasteiger partial charge in [-0.2, -0.15) is 5.10 Å². The quantitative estimate of drug-likeness (QED) is 0.188. The number of methoxy groups -OCH3 is 1. The minimum Gasteiger partial charge on any atom is -0.494 e. The third-order valence-electron chi connectivity index (χ3n) is 4.86. The van der Waals surface area contributed by atoms with E-state index in [1.165, 1.54) is 25.7 Å². The SMILES string of the molecule is CCCCCCC/C=N/NC(=Nc1ccccc1OC)c1ccc2ccccc2n1. The number of hydrazone groups is 1. The highest BCUT2D eigenvalue weighted by Gasteiger charge is 2.08. The first-order valence-electron chi connectivity index (χ1n) is 10.7. The predicted molar refractivity (Wildman–Crippen MR) is 126 cm³/mol. The Bertz CT molecular complexity index is 997. The number of aliphatic imine (C=N–C) groups is 1. The maximum absolute atomic E-state index is 5.45. The first-order chi connectivity index (χ1) is 14.8. The van der Waals surface area contributed by atoms with Gasteiger partial charge in [-0.3, -0.25) is 5.43 Å². The van der Waals surface area contributed by atoms with Crippen LogP contribution in [0.3, 0.4) is 0 Å². The fourth-order valence-electron chi connectivity index (χ4n) is 3.19. The van der Waals surface area contributed by atoms with Crippen LogP contribution in [-0.4, -0.2) is 24.1 Å². The molecule has 3 rings (SSSR count). The molecule has 0 saturated carbocycles. The molecule has 0 amide bonds. The number of unbranched alkanes of at least 4 members (excludes halogenated alkanes) is 5. The van der Waals surface area contributed by atoms with Gasteiger partial charge in [0.1, 0.15) is 17.1 Å². The largest absolute Gasteiger partial charge is 0.494 e. The highest BCUT2D eigenvalue weighted by Crippen LogP contribution is 2.27. The summed E-state index contributed by atoms with van der Waals surface area (Å²) in [6, 6.07) is 19.7. The minimum absolute atomic E-state index is 0.590. The number of amidine groups is 1. The number of nitrogens with one attached hydrogen (secondary N) is 1. The second-order valence-electron chi connectivity index (χ2n) is 7.15. The Balaban J connectivity index is 1.80. The molecule has 30 heavy (non-hydrogen) atoms. The van der Waals surface area contributed by atoms with Crippen LogP contribution in [0.15, 0.2) is 70.8 Å². The molecule has 2 aromatic carbocycles. The van der Waals surface area contributed by atoms with E-state index >= 15 is 0 Å². The van der Waals surface area contributed by atoms with E-state index in [0.29, 0.717) is 11.6 Å². The van der Waals surface area contributed by atoms with Gasteiger partial charge in [-0.1, -0.05) is 69.0 Å². The van der Waals surface area contributed by atoms with Gasteiger partial charge in [0.15, 0.2) is 5.84 Å². The lowest BCUT2D eigenvalue weighted by Gasteiger charge is -2.09. The number of hydrogen-bond donors (Lipinski definition) is 1. The van der Waals surface area contributed by atoms with Gasteiger partial charge in [-0.05, 0) is 37.1 Å². The van der Waals surface area contributed by atoms with E-state index in [9.17, 15) is 0 Å². The van der Waals surface area contributed by atoms with E-state index < -0.39 is 0 Å². The van der Waals surface area contributed by atoms with Crippen LogP contribution in [0.2, 0.25) is 0 Å². The molecule has 156 valence electrons. The summed E-state index contributed by atoms with van der Waals surface area (Å²) in [6.45, 7) is 2.23. The Hall–Kier alpha value is -3.21. The van der Waals surface area contributed by atoms with Crippen molar-refractivity contribution in [2.24, 2.45) is 10.1 Å². The number of hydrogen-bond acceptors (Lipinski definition) is 4. The zero-order valence-corrected chi connectivity index (χ0v) is 17.8. The monoisotopic (exact) mass is 402 g/mol. The zero-order chi connectivity index (χ0) is 21.0. The lowest BCUT2D eigenvalue weighted by atomic mass is 10.1. The van der Waals surface area contributed by atoms with Crippen LogP contribution in [0.1, 0.15) is 51.1 Å². The highest BCUT2D eigenvalue weighted by atomic mass is 16.5. The normalized spacial score (nSPS) is 11.9. The summed E-state index contributed by atoms with van der Waals surface area (Å²) in [7, 11) is 1.65. The van der Waals surface area contributed by atoms with Gasteiger partial charge in [0.25, 0.3) is 0 Å². The molecular formula is C25H30N4O. The summed E-state index contributed by atoms with van der Waals surface area (Å²) >= 11 is 0. The molecule has 0 unspecified atom stereocenters. The molecule has 5 nitrogen and oxygen atoms in total. The van der Waals surface area contributed by atoms with Gasteiger partial charge in [0, 0.05) is 11.6 Å². The van der Waals surface area contributed by atoms with E-state index in [1.807, 2.05) is 60.8 Å². The summed E-state index contributed by atoms with van der Waals surface area (Å²) in [5, 5.41) is 5.50. The molecule has 0 aliphatic heterocycles. The topological polar surface area (TPSA) is 58.9 Å². The Morgan fingerprint density at radius 3 is 2.63 bits per heavy atom. The Labute approximate surface area is 178 Å². The number of rotatable bonds is 10. The smallest absolute Gasteiger partial charge is 0.173 e. The average Bonchev–Trinajstić information content (AvgIpc) is 2.80. The number of nitrogens with zero attached hydrogens (tertiary/aromatic N) is 3. The molecule has 0 aliphatic rings. The van der Waals surface area contributed by atoms with Gasteiger partial charge in [0.05, 0.1) is 12.6 Å². The van der Waals surface area contributed by atoms with E-state index in [0.717, 1.165) is 35.1 Å². The second-order valence-corrected chi connectivity index (χ2v) is 7.15. The fraction of sp³-hybridized carbons (Fsp3) is 0.320. The average molecular weight is 403 g/mol. The molecule has 1 N–H and O–H groups in total. The van der Waals surface area contributed by atoms with Crippen molar-refractivity contribution in [2.75, 3.05) is 7.11 Å². The Kier molecular flexibility index (Phi) is 8.39. The molecule has 1 heterocycles. The number of ether oxygens (including phenoxy) is 1. The highest BCUT2D eigenvalue weighted by molar-refractivity contribution is 6.00. The van der Waals surface area contributed by atoms with Crippen LogP contribution in [0.25, 0.3) is 10.9 Å². The van der Waals surface area contributed by atoms with Gasteiger partial charge >= 0.3 is 0 Å². The molecule has 0 atom stereocenters. The first-order valence-corrected chi connectivity index (χ1v) is 10.7. The predicted octanol–water partition coefficient (Wildman–Crippen LogP) is 6.26. The fourth-order valence-corrected chi connectivity index (χ4v) is 3.19. The van der Waals surface area contributed by atoms with Crippen molar-refractivity contribution >= 4 is 28.6 Å². The Morgan fingerprint density at radius 1 is 0.967 bits per heavy atom. The second kappa shape index (κ2) is 11.7. The first kappa shape index (κ1) is 21.5. The van der Waals surface area contributed by atoms with Crippen LogP contribution in [0, 0.1) is 0 Å². The molecule has 0 aliphatic carbocycles. The standard InChI is InChI=1S/C25H30N4O/c1-3-4-5-6-7-12-19-26-29-25(28-22-15-10-11-16-24(22)30-2)23-18-17-20-13-8-9-14-21(20)27-23/h8-11,13-19H,3-7,12H2,1-2H3,(H,28,29)/b26-19+. The van der Waals surface area contributed by atoms with Crippen molar-refractivity contribution in [1.29, 1.82) is 0 Å². The van der Waals surface area contributed by atoms with Crippen LogP contribution in [0.4, 0.5) is 5.69 Å². The van der Waals surface area contributed by atoms with Crippen LogP contribution in [0.5, 0.6) is 5.75 Å². The third kappa shape index (κ3) is 6.14. The molecule has 0 radical (unpaired) electrons. The molecule has 0 spiro atoms. The van der Waals surface area contributed by atoms with Gasteiger partial charge in [-0.25, -0.2) is 9.98 Å². The maximum atomic E-state index is 5.45. The molecule has 3 aromatic rings. The van der Waals surface area contributed by atoms with Crippen molar-refractivity contribution in [3.05, 3.63) is 66.4 Å². The Morgan fingerprint density at radius 2 is 1.77 bits per heavy atom. The van der Waals surface area contributed by atoms with Gasteiger partial charge in [0.2, 0.25) is 0 Å². The molecule has 0 fully saturated rings. The van der Waals surface area contributed by atoms with E-state index in [-0.39, 0.29) is 0 Å². The molecule has 5 heteroatoms. The van der Waals surface area contributed by atoms with Crippen molar-refractivity contribution in [2.45, 2.75) is 45.4 Å². The zero-order valence-electron chi connectivity index (χ0n) is 17.8. The third-order valence-corrected chi connectivity index (χ3v) is 4.86. The minimum atomic E-state index is 0.590. The lowest BCUT2D eigenvalue weighted by Crippen LogP contribution is -2.20. The molecular weight excluding hydrogens is 372 g/mol. The van der Waals surface area contributed by atoms with E-state index in [2.05, 4.69) is 23.5 Å². The summed E-state index contributed by atoms with van der Waals surface area (Å²) in [4.78, 5) is 9.54. The molecule has 0 saturated heterocycles. The lowest BCUT2D eigenvalue weighted by molar-refractivity contribution is 0.416. The molecule has 0 bridgehead atoms. The number of pyridine rings is 1. The van der Waals surface area contributed by atoms with Crippen molar-refractivity contribution in [3.63, 3.8) is 0 Å². The van der Waals surface area contributed by atoms with Gasteiger partial charge < -0.3 is 4.74 Å². The van der Waals surface area contributed by atoms with Crippen molar-refractivity contribution in [1.82, 2.24) is 10.4 Å². The number of fused-ring (bicyclic) bond motifs is 1. The summed E-state index contributed by atoms with van der Waals surface area (Å²) < 4.78 is 5.45. The van der Waals surface area contributed by atoms with Gasteiger partial charge in [-0.15, -0.1) is 0 Å². The van der Waals surface area contributed by atoms with Crippen molar-refractivity contribution < 1.29 is 4.74 Å². The van der Waals surface area contributed by atoms with E-state index in [1.54, 1.807) is 7.11 Å². The summed E-state index contributed by atoms with van der Waals surface area (Å²) in [6.07, 6.45) is 9.12. The maximum Gasteiger partial charge on any atom is 0.173 e. The summed E-state index contributed by atoms with van der Waals surface area (Å²) in [5.41, 5.74) is 5.49. The van der Waals surface area contributed by atoms with Crippen molar-refractivity contribution in [3.8, 4) is 5.75 Å². The van der Waals surface area contributed by atoms with E-state index in [4.69, 9.17) is 14.7 Å². The summed E-state index contributed by atoms with van der Waals surface area (Å²) in [5.74, 6) is 1.30. The van der Waals surface area contributed by atoms with Crippen LogP contribution < -0.4 is 10.2 Å². The number of para-hydroxylation sites is 3. The van der Waals surface area contributed by atoms with Crippen LogP contribution >= 0.6 is 0 Å². The molecule has 1 aromatic heterocycles. The van der Waals surface area contributed by atoms with Crippen LogP contribution in [-0.2, 0) is 0 Å².